The summed E-state index contributed by atoms with van der Waals surface area (Å²) >= 11 is 11.9. The van der Waals surface area contributed by atoms with Gasteiger partial charge in [-0.25, -0.2) is 0 Å². The summed E-state index contributed by atoms with van der Waals surface area (Å²) in [6.07, 6.45) is -1.36. The maximum Gasteiger partial charge on any atom is 0.499 e. The summed E-state index contributed by atoms with van der Waals surface area (Å²) in [5, 5.41) is 12.1. The number of halogens is 2. The summed E-state index contributed by atoms with van der Waals surface area (Å²) in [5.41, 5.74) is -1.90. The first kappa shape index (κ1) is 26.0. The van der Waals surface area contributed by atoms with E-state index in [1.165, 1.54) is 18.2 Å². The lowest BCUT2D eigenvalue weighted by molar-refractivity contribution is -0.160. The molecule has 3 rings (SSSR count). The summed E-state index contributed by atoms with van der Waals surface area (Å²) in [6.45, 7) is 0.254. The third-order valence-corrected chi connectivity index (χ3v) is 6.22. The fourth-order valence-electron chi connectivity index (χ4n) is 4.28. The number of carboxylic acid groups (broad SMARTS) is 1. The molecule has 13 heteroatoms. The van der Waals surface area contributed by atoms with E-state index in [0.29, 0.717) is 5.02 Å². The predicted octanol–water partition coefficient (Wildman–Crippen LogP) is 2.77. The highest BCUT2D eigenvalue weighted by Gasteiger charge is 2.64. The molecule has 0 aliphatic carbocycles. The van der Waals surface area contributed by atoms with Crippen molar-refractivity contribution in [3.8, 4) is 0 Å². The van der Waals surface area contributed by atoms with Crippen LogP contribution in [-0.4, -0.2) is 53.6 Å². The van der Waals surface area contributed by atoms with Crippen LogP contribution in [0.15, 0.2) is 18.2 Å². The van der Waals surface area contributed by atoms with E-state index in [0.717, 1.165) is 0 Å². The topological polar surface area (TPSA) is 145 Å². The molecule has 3 unspecified atom stereocenters. The van der Waals surface area contributed by atoms with E-state index in [1.807, 2.05) is 13.8 Å². The van der Waals surface area contributed by atoms with Crippen LogP contribution in [0.5, 0.6) is 0 Å². The first-order chi connectivity index (χ1) is 15.9. The molecule has 1 amide bonds. The molecule has 34 heavy (non-hydrogen) atoms. The molecule has 2 aliphatic rings. The van der Waals surface area contributed by atoms with Crippen LogP contribution in [0.3, 0.4) is 0 Å². The zero-order chi connectivity index (χ0) is 25.3. The number of rotatable bonds is 10. The molecule has 3 atom stereocenters. The van der Waals surface area contributed by atoms with Crippen molar-refractivity contribution in [3.05, 3.63) is 33.8 Å². The van der Waals surface area contributed by atoms with E-state index < -0.39 is 60.6 Å². The van der Waals surface area contributed by atoms with Gasteiger partial charge in [0.15, 0.2) is 0 Å². The molecule has 184 valence electrons. The average molecular weight is 515 g/mol. The Morgan fingerprint density at radius 2 is 1.91 bits per heavy atom. The summed E-state index contributed by atoms with van der Waals surface area (Å²) in [5.74, 6) is -5.16. The van der Waals surface area contributed by atoms with Crippen molar-refractivity contribution < 1.29 is 43.0 Å². The SMILES string of the molecule is CC(C)CC(CC(=O)CNC(=O)c1cc(Cl)ccc1Cl)[B-]12OC(=O)CC(CC(=O)O)(O1)C(=O)O2. The number of amides is 1. The Bertz CT molecular complexity index is 1050. The fourth-order valence-corrected chi connectivity index (χ4v) is 4.66. The molecule has 0 saturated carbocycles. The zero-order valence-corrected chi connectivity index (χ0v) is 20.0. The van der Waals surface area contributed by atoms with Crippen LogP contribution in [0.25, 0.3) is 0 Å². The number of fused-ring (bicyclic) bond motifs is 2. The molecule has 1 aromatic carbocycles. The monoisotopic (exact) mass is 514 g/mol. The van der Waals surface area contributed by atoms with Crippen molar-refractivity contribution >= 4 is 59.6 Å². The van der Waals surface area contributed by atoms with Gasteiger partial charge in [-0.1, -0.05) is 49.3 Å². The van der Waals surface area contributed by atoms with Crippen LogP contribution >= 0.6 is 23.2 Å². The number of Topliss-reactive ketones (excluding diaryl/α,β-unsaturated/α-hetero) is 1. The number of carbonyl (C=O) groups is 5. The lowest BCUT2D eigenvalue weighted by Gasteiger charge is -2.45. The molecular weight excluding hydrogens is 492 g/mol. The van der Waals surface area contributed by atoms with E-state index >= 15 is 0 Å². The van der Waals surface area contributed by atoms with Crippen LogP contribution in [0.1, 0.15) is 49.9 Å². The van der Waals surface area contributed by atoms with Gasteiger partial charge in [0.1, 0.15) is 11.4 Å². The van der Waals surface area contributed by atoms with Gasteiger partial charge in [0.05, 0.1) is 30.0 Å². The number of carboxylic acids is 1. The van der Waals surface area contributed by atoms with Gasteiger partial charge in [0.25, 0.3) is 17.8 Å². The molecule has 0 radical (unpaired) electrons. The molecule has 0 aromatic heterocycles. The van der Waals surface area contributed by atoms with Gasteiger partial charge in [-0.05, 0) is 30.5 Å². The summed E-state index contributed by atoms with van der Waals surface area (Å²) in [4.78, 5) is 61.4. The molecule has 2 fully saturated rings. The van der Waals surface area contributed by atoms with Crippen LogP contribution in [-0.2, 0) is 33.1 Å². The molecule has 2 N–H and O–H groups in total. The van der Waals surface area contributed by atoms with E-state index in [2.05, 4.69) is 5.32 Å². The zero-order valence-electron chi connectivity index (χ0n) is 18.5. The summed E-state index contributed by atoms with van der Waals surface area (Å²) < 4.78 is 16.4. The van der Waals surface area contributed by atoms with Crippen molar-refractivity contribution in [2.45, 2.75) is 50.9 Å². The normalized spacial score (nSPS) is 24.4. The van der Waals surface area contributed by atoms with E-state index in [9.17, 15) is 29.1 Å². The third kappa shape index (κ3) is 5.53. The van der Waals surface area contributed by atoms with Crippen LogP contribution in [0.4, 0.5) is 0 Å². The van der Waals surface area contributed by atoms with Crippen molar-refractivity contribution in [2.24, 2.45) is 5.92 Å². The molecule has 2 heterocycles. The Hall–Kier alpha value is -2.63. The van der Waals surface area contributed by atoms with E-state index in [4.69, 9.17) is 37.2 Å². The third-order valence-electron chi connectivity index (χ3n) is 5.66. The van der Waals surface area contributed by atoms with Gasteiger partial charge in [-0.3, -0.25) is 24.0 Å². The quantitative estimate of drug-likeness (QED) is 0.450. The number of ketones is 1. The number of hydrogen-bond acceptors (Lipinski definition) is 8. The maximum absolute atomic E-state index is 12.8. The Balaban J connectivity index is 1.76. The number of aliphatic carboxylic acids is 1. The van der Waals surface area contributed by atoms with Gasteiger partial charge in [0, 0.05) is 5.02 Å². The van der Waals surface area contributed by atoms with Crippen molar-refractivity contribution in [2.75, 3.05) is 6.54 Å². The minimum absolute atomic E-state index is 0.0219. The molecular formula is C21H23BCl2NO9-. The smallest absolute Gasteiger partial charge is 0.499 e. The minimum atomic E-state index is -3.05. The van der Waals surface area contributed by atoms with Crippen LogP contribution < -0.4 is 5.32 Å². The van der Waals surface area contributed by atoms with Gasteiger partial charge >= 0.3 is 12.7 Å². The van der Waals surface area contributed by atoms with Crippen LogP contribution in [0, 0.1) is 5.92 Å². The Morgan fingerprint density at radius 1 is 1.21 bits per heavy atom. The van der Waals surface area contributed by atoms with Gasteiger partial charge < -0.3 is 24.4 Å². The molecule has 2 saturated heterocycles. The predicted molar refractivity (Wildman–Crippen MR) is 120 cm³/mol. The summed E-state index contributed by atoms with van der Waals surface area (Å²) in [7, 11) is 0. The second-order valence-electron chi connectivity index (χ2n) is 8.89. The molecule has 1 aromatic rings. The number of nitrogens with one attached hydrogen (secondary N) is 1. The summed E-state index contributed by atoms with van der Waals surface area (Å²) in [6, 6.07) is 4.33. The van der Waals surface area contributed by atoms with Crippen molar-refractivity contribution in [1.82, 2.24) is 5.32 Å². The molecule has 0 spiro atoms. The highest BCUT2D eigenvalue weighted by molar-refractivity contribution is 6.68. The standard InChI is InChI=1S/C21H23BCl2NO9/c1-11(2)5-12(6-14(26)10-25-19(30)15-7-13(23)3-4-16(15)24)22-32-18(29)9-21(34-22,8-17(27)28)20(31)33-22/h3-4,7,11-12H,5-6,8-10H2,1-2H3,(H,25,30)(H,27,28)/q-1. The first-order valence-electron chi connectivity index (χ1n) is 10.6. The Kier molecular flexibility index (Phi) is 7.59. The van der Waals surface area contributed by atoms with E-state index in [1.54, 1.807) is 0 Å². The lowest BCUT2D eigenvalue weighted by atomic mass is 9.57. The number of hydrogen-bond donors (Lipinski definition) is 2. The lowest BCUT2D eigenvalue weighted by Crippen LogP contribution is -2.55. The highest BCUT2D eigenvalue weighted by Crippen LogP contribution is 2.48. The van der Waals surface area contributed by atoms with Gasteiger partial charge in [-0.15, -0.1) is 0 Å². The fraction of sp³-hybridized carbons (Fsp3) is 0.476. The van der Waals surface area contributed by atoms with Gasteiger partial charge in [0.2, 0.25) is 0 Å². The highest BCUT2D eigenvalue weighted by atomic mass is 35.5. The van der Waals surface area contributed by atoms with E-state index in [-0.39, 0.29) is 35.9 Å². The largest absolute Gasteiger partial charge is 0.633 e. The Labute approximate surface area is 205 Å². The minimum Gasteiger partial charge on any atom is -0.633 e. The first-order valence-corrected chi connectivity index (χ1v) is 11.4. The van der Waals surface area contributed by atoms with Crippen LogP contribution in [0.2, 0.25) is 15.9 Å². The number of carbonyl (C=O) groups excluding carboxylic acids is 4. The Morgan fingerprint density at radius 3 is 2.56 bits per heavy atom. The van der Waals surface area contributed by atoms with Gasteiger partial charge in [-0.2, -0.15) is 0 Å². The van der Waals surface area contributed by atoms with Crippen molar-refractivity contribution in [3.63, 3.8) is 0 Å². The average Bonchev–Trinajstić information content (AvgIpc) is 2.92. The maximum atomic E-state index is 12.8. The molecule has 2 bridgehead atoms. The second-order valence-corrected chi connectivity index (χ2v) is 9.73. The molecule has 10 nitrogen and oxygen atoms in total. The number of benzene rings is 1. The van der Waals surface area contributed by atoms with Crippen molar-refractivity contribution in [1.29, 1.82) is 0 Å². The molecule has 2 aliphatic heterocycles. The second kappa shape index (κ2) is 9.93.